The molecule has 2 unspecified atom stereocenters. The van der Waals surface area contributed by atoms with Gasteiger partial charge in [0.1, 0.15) is 0 Å². The highest BCUT2D eigenvalue weighted by Gasteiger charge is 2.40. The molecule has 0 aromatic heterocycles. The smallest absolute Gasteiger partial charge is 0.405 e. The Hall–Kier alpha value is -2.08. The molecule has 3 atom stereocenters. The van der Waals surface area contributed by atoms with Crippen LogP contribution in [-0.2, 0) is 4.79 Å². The van der Waals surface area contributed by atoms with Gasteiger partial charge in [-0.25, -0.2) is 4.79 Å². The van der Waals surface area contributed by atoms with E-state index in [4.69, 9.17) is 5.11 Å². The Morgan fingerprint density at radius 1 is 1.17 bits per heavy atom. The Kier molecular flexibility index (Phi) is 5.04. The molecule has 2 N–H and O–H groups in total. The van der Waals surface area contributed by atoms with Gasteiger partial charge in [-0.15, -0.1) is 0 Å². The van der Waals surface area contributed by atoms with Gasteiger partial charge in [0.15, 0.2) is 0 Å². The molecule has 130 valence electrons. The van der Waals surface area contributed by atoms with Crippen LogP contribution in [-0.4, -0.2) is 59.6 Å². The summed E-state index contributed by atoms with van der Waals surface area (Å²) in [5.74, 6) is 1.30. The fourth-order valence-corrected chi connectivity index (χ4v) is 4.00. The third-order valence-electron chi connectivity index (χ3n) is 5.24. The molecule has 2 fully saturated rings. The van der Waals surface area contributed by atoms with Gasteiger partial charge in [0.2, 0.25) is 5.91 Å². The highest BCUT2D eigenvalue weighted by molar-refractivity contribution is 5.73. The zero-order valence-corrected chi connectivity index (χ0v) is 14.0. The normalized spacial score (nSPS) is 24.6. The van der Waals surface area contributed by atoms with Crippen LogP contribution < -0.4 is 5.32 Å². The Balaban J connectivity index is 1.53. The first-order valence-corrected chi connectivity index (χ1v) is 8.55. The summed E-state index contributed by atoms with van der Waals surface area (Å²) >= 11 is 0. The van der Waals surface area contributed by atoms with Crippen LogP contribution in [0.4, 0.5) is 4.79 Å². The van der Waals surface area contributed by atoms with Gasteiger partial charge in [0.25, 0.3) is 0 Å². The lowest BCUT2D eigenvalue weighted by molar-refractivity contribution is -0.128. The van der Waals surface area contributed by atoms with Crippen molar-refractivity contribution in [2.45, 2.75) is 19.4 Å². The Morgan fingerprint density at radius 3 is 2.33 bits per heavy atom. The van der Waals surface area contributed by atoms with Gasteiger partial charge in [-0.1, -0.05) is 30.3 Å². The van der Waals surface area contributed by atoms with E-state index in [1.165, 1.54) is 0 Å². The van der Waals surface area contributed by atoms with E-state index in [-0.39, 0.29) is 11.9 Å². The summed E-state index contributed by atoms with van der Waals surface area (Å²) in [6.07, 6.45) is -0.231. The molecule has 0 bridgehead atoms. The van der Waals surface area contributed by atoms with Crippen LogP contribution in [0.3, 0.4) is 0 Å². The number of hydrogen-bond donors (Lipinski definition) is 2. The van der Waals surface area contributed by atoms with E-state index in [2.05, 4.69) is 10.2 Å². The number of hydrogen-bond acceptors (Lipinski definition) is 3. The standard InChI is InChI=1S/C18H25N3O3/c1-13(22)21-11-15-9-20(10-16(15)12-21)8-7-17(19-18(23)24)14-5-3-2-4-6-14/h2-6,15-17,19H,7-12H2,1H3,(H,23,24)/t15-,16?,17?/m0/s1. The van der Waals surface area contributed by atoms with Gasteiger partial charge in [-0.05, 0) is 23.8 Å². The molecule has 0 radical (unpaired) electrons. The third kappa shape index (κ3) is 3.87. The summed E-state index contributed by atoms with van der Waals surface area (Å²) in [5.41, 5.74) is 1.00. The summed E-state index contributed by atoms with van der Waals surface area (Å²) in [6, 6.07) is 9.54. The van der Waals surface area contributed by atoms with Crippen LogP contribution in [0, 0.1) is 11.8 Å². The molecular formula is C18H25N3O3. The summed E-state index contributed by atoms with van der Waals surface area (Å²) in [7, 11) is 0. The van der Waals surface area contributed by atoms with Crippen molar-refractivity contribution in [3.05, 3.63) is 35.9 Å². The predicted octanol–water partition coefficient (Wildman–Crippen LogP) is 1.80. The lowest BCUT2D eigenvalue weighted by Crippen LogP contribution is -2.34. The summed E-state index contributed by atoms with van der Waals surface area (Å²) < 4.78 is 0. The lowest BCUT2D eigenvalue weighted by Gasteiger charge is -2.23. The number of carboxylic acid groups (broad SMARTS) is 1. The van der Waals surface area contributed by atoms with E-state index >= 15 is 0 Å². The van der Waals surface area contributed by atoms with Gasteiger partial charge in [-0.2, -0.15) is 0 Å². The number of amides is 2. The first-order valence-electron chi connectivity index (χ1n) is 8.55. The summed E-state index contributed by atoms with van der Waals surface area (Å²) in [6.45, 7) is 6.25. The molecule has 6 nitrogen and oxygen atoms in total. The van der Waals surface area contributed by atoms with Crippen molar-refractivity contribution in [1.29, 1.82) is 0 Å². The second kappa shape index (κ2) is 7.21. The molecule has 2 aliphatic heterocycles. The van der Waals surface area contributed by atoms with Crippen molar-refractivity contribution < 1.29 is 14.7 Å². The topological polar surface area (TPSA) is 72.9 Å². The number of fused-ring (bicyclic) bond motifs is 1. The monoisotopic (exact) mass is 331 g/mol. The van der Waals surface area contributed by atoms with E-state index in [9.17, 15) is 9.59 Å². The van der Waals surface area contributed by atoms with Crippen LogP contribution in [0.1, 0.15) is 24.9 Å². The maximum absolute atomic E-state index is 11.5. The SMILES string of the molecule is CC(=O)N1CC2CN(CCC(NC(=O)O)c3ccccc3)C[C@H]2C1. The van der Waals surface area contributed by atoms with E-state index in [1.54, 1.807) is 6.92 Å². The minimum atomic E-state index is -0.987. The largest absolute Gasteiger partial charge is 0.465 e. The molecule has 0 spiro atoms. The molecule has 1 aromatic rings. The Bertz CT molecular complexity index is 578. The van der Waals surface area contributed by atoms with Gasteiger partial charge in [0, 0.05) is 39.6 Å². The molecule has 3 rings (SSSR count). The zero-order valence-electron chi connectivity index (χ0n) is 14.0. The van der Waals surface area contributed by atoms with E-state index in [1.807, 2.05) is 35.2 Å². The molecule has 0 aliphatic carbocycles. The van der Waals surface area contributed by atoms with Gasteiger partial charge >= 0.3 is 6.09 Å². The number of rotatable bonds is 5. The fourth-order valence-electron chi connectivity index (χ4n) is 4.00. The number of benzene rings is 1. The van der Waals surface area contributed by atoms with Crippen LogP contribution in [0.2, 0.25) is 0 Å². The minimum absolute atomic E-state index is 0.172. The molecule has 2 saturated heterocycles. The molecular weight excluding hydrogens is 306 g/mol. The number of likely N-dealkylation sites (tertiary alicyclic amines) is 2. The van der Waals surface area contributed by atoms with Crippen molar-refractivity contribution in [2.24, 2.45) is 11.8 Å². The van der Waals surface area contributed by atoms with Crippen LogP contribution >= 0.6 is 0 Å². The van der Waals surface area contributed by atoms with E-state index in [0.717, 1.165) is 44.7 Å². The molecule has 6 heteroatoms. The maximum atomic E-state index is 11.5. The second-order valence-electron chi connectivity index (χ2n) is 6.91. The molecule has 1 aromatic carbocycles. The quantitative estimate of drug-likeness (QED) is 0.863. The lowest BCUT2D eigenvalue weighted by atomic mass is 10.0. The van der Waals surface area contributed by atoms with Crippen molar-refractivity contribution in [1.82, 2.24) is 15.1 Å². The first-order chi connectivity index (χ1) is 11.5. The fraction of sp³-hybridized carbons (Fsp3) is 0.556. The second-order valence-corrected chi connectivity index (χ2v) is 6.91. The number of carbonyl (C=O) groups excluding carboxylic acids is 1. The predicted molar refractivity (Wildman–Crippen MR) is 90.6 cm³/mol. The average molecular weight is 331 g/mol. The number of nitrogens with one attached hydrogen (secondary N) is 1. The zero-order chi connectivity index (χ0) is 17.1. The minimum Gasteiger partial charge on any atom is -0.465 e. The van der Waals surface area contributed by atoms with Gasteiger partial charge < -0.3 is 20.2 Å². The third-order valence-corrected chi connectivity index (χ3v) is 5.24. The summed E-state index contributed by atoms with van der Waals surface area (Å²) in [4.78, 5) is 26.9. The van der Waals surface area contributed by atoms with Crippen molar-refractivity contribution >= 4 is 12.0 Å². The molecule has 0 saturated carbocycles. The molecule has 24 heavy (non-hydrogen) atoms. The number of nitrogens with zero attached hydrogens (tertiary/aromatic N) is 2. The first kappa shape index (κ1) is 16.8. The Morgan fingerprint density at radius 2 is 1.79 bits per heavy atom. The number of carbonyl (C=O) groups is 2. The van der Waals surface area contributed by atoms with Gasteiger partial charge in [0.05, 0.1) is 6.04 Å². The van der Waals surface area contributed by atoms with Gasteiger partial charge in [-0.3, -0.25) is 4.79 Å². The van der Waals surface area contributed by atoms with Crippen molar-refractivity contribution in [2.75, 3.05) is 32.7 Å². The summed E-state index contributed by atoms with van der Waals surface area (Å²) in [5, 5.41) is 11.7. The molecule has 2 aliphatic rings. The van der Waals surface area contributed by atoms with E-state index in [0.29, 0.717) is 11.8 Å². The maximum Gasteiger partial charge on any atom is 0.405 e. The van der Waals surface area contributed by atoms with Crippen LogP contribution in [0.15, 0.2) is 30.3 Å². The highest BCUT2D eigenvalue weighted by atomic mass is 16.4. The molecule has 2 heterocycles. The average Bonchev–Trinajstić information content (AvgIpc) is 3.10. The van der Waals surface area contributed by atoms with E-state index < -0.39 is 6.09 Å². The van der Waals surface area contributed by atoms with Crippen molar-refractivity contribution in [3.8, 4) is 0 Å². The van der Waals surface area contributed by atoms with Crippen LogP contribution in [0.25, 0.3) is 0 Å². The van der Waals surface area contributed by atoms with Crippen molar-refractivity contribution in [3.63, 3.8) is 0 Å². The highest BCUT2D eigenvalue weighted by Crippen LogP contribution is 2.31. The van der Waals surface area contributed by atoms with Crippen LogP contribution in [0.5, 0.6) is 0 Å². The Labute approximate surface area is 142 Å². The molecule has 2 amide bonds.